The number of thiophene rings is 1. The van der Waals surface area contributed by atoms with Crippen LogP contribution in [0, 0.1) is 6.92 Å². The maximum atomic E-state index is 8.89. The van der Waals surface area contributed by atoms with Crippen molar-refractivity contribution in [1.29, 1.82) is 0 Å². The molecule has 0 radical (unpaired) electrons. The SMILES string of the molecule is CC.COSI.Cc1ccc(CC[N+](C)(C)CCO)s1. The first-order valence-corrected chi connectivity index (χ1v) is 10.8. The summed E-state index contributed by atoms with van der Waals surface area (Å²) in [6, 6.07) is 4.38. The van der Waals surface area contributed by atoms with Gasteiger partial charge in [0.15, 0.2) is 0 Å². The zero-order chi connectivity index (χ0) is 16.0. The average molecular weight is 434 g/mol. The lowest BCUT2D eigenvalue weighted by molar-refractivity contribution is -0.890. The summed E-state index contributed by atoms with van der Waals surface area (Å²) in [6.07, 6.45) is 1.12. The maximum absolute atomic E-state index is 8.89. The number of aliphatic hydroxyl groups is 1. The van der Waals surface area contributed by atoms with Crippen molar-refractivity contribution in [2.75, 3.05) is 40.9 Å². The third-order valence-electron chi connectivity index (χ3n) is 2.53. The molecule has 1 aromatic rings. The summed E-state index contributed by atoms with van der Waals surface area (Å²) in [5.41, 5.74) is 0. The van der Waals surface area contributed by atoms with Gasteiger partial charge in [-0.3, -0.25) is 0 Å². The second-order valence-corrected chi connectivity index (χ2v) is 7.51. The highest BCUT2D eigenvalue weighted by Gasteiger charge is 2.14. The fraction of sp³-hybridized carbons (Fsp3) is 0.714. The molecule has 0 aliphatic carbocycles. The zero-order valence-corrected chi connectivity index (χ0v) is 17.3. The van der Waals surface area contributed by atoms with E-state index in [0.717, 1.165) is 24.0 Å². The van der Waals surface area contributed by atoms with Crippen molar-refractivity contribution in [3.05, 3.63) is 21.9 Å². The number of likely N-dealkylation sites (N-methyl/N-ethyl adjacent to an activating group) is 1. The second-order valence-electron chi connectivity index (χ2n) is 4.60. The summed E-state index contributed by atoms with van der Waals surface area (Å²) < 4.78 is 5.34. The quantitative estimate of drug-likeness (QED) is 0.411. The van der Waals surface area contributed by atoms with E-state index in [2.05, 4.69) is 37.3 Å². The molecule has 3 nitrogen and oxygen atoms in total. The number of quaternary nitrogens is 1. The van der Waals surface area contributed by atoms with Gasteiger partial charge in [-0.25, -0.2) is 0 Å². The molecule has 20 heavy (non-hydrogen) atoms. The predicted octanol–water partition coefficient (Wildman–Crippen LogP) is 4.32. The highest BCUT2D eigenvalue weighted by molar-refractivity contribution is 14.2. The van der Waals surface area contributed by atoms with Crippen molar-refractivity contribution >= 4 is 41.8 Å². The molecule has 0 saturated carbocycles. The second kappa shape index (κ2) is 14.6. The predicted molar refractivity (Wildman–Crippen MR) is 102 cm³/mol. The molecule has 0 amide bonds. The highest BCUT2D eigenvalue weighted by atomic mass is 127. The molecule has 0 fully saturated rings. The molecule has 0 spiro atoms. The Morgan fingerprint density at radius 3 is 2.20 bits per heavy atom. The molecule has 0 atom stereocenters. The van der Waals surface area contributed by atoms with E-state index < -0.39 is 0 Å². The standard InChI is InChI=1S/C11H20NOS.C2H6.CH3IOS/c1-10-4-5-11(14-10)6-7-12(2,3)8-9-13;1-2;1-3-4-2/h4-5,13H,6-9H2,1-3H3;1-2H3;1H3/q+1;;. The van der Waals surface area contributed by atoms with Crippen LogP contribution in [0.4, 0.5) is 0 Å². The van der Waals surface area contributed by atoms with Gasteiger partial charge in [0, 0.05) is 37.4 Å². The maximum Gasteiger partial charge on any atom is 0.102 e. The minimum Gasteiger partial charge on any atom is -0.391 e. The first-order chi connectivity index (χ1) is 9.45. The van der Waals surface area contributed by atoms with E-state index in [9.17, 15) is 0 Å². The minimum absolute atomic E-state index is 0.274. The molecule has 6 heteroatoms. The summed E-state index contributed by atoms with van der Waals surface area (Å²) in [5.74, 6) is 0. The number of rotatable bonds is 6. The Hall–Kier alpha value is 0.660. The molecule has 0 aromatic carbocycles. The third kappa shape index (κ3) is 13.6. The molecule has 0 aliphatic rings. The topological polar surface area (TPSA) is 29.5 Å². The van der Waals surface area contributed by atoms with Crippen LogP contribution in [0.3, 0.4) is 0 Å². The number of aliphatic hydroxyl groups excluding tert-OH is 1. The van der Waals surface area contributed by atoms with Gasteiger partial charge in [-0.05, 0) is 19.1 Å². The van der Waals surface area contributed by atoms with E-state index in [4.69, 9.17) is 5.11 Å². The molecule has 0 saturated heterocycles. The molecule has 1 heterocycles. The lowest BCUT2D eigenvalue weighted by Gasteiger charge is -2.28. The van der Waals surface area contributed by atoms with Crippen molar-refractivity contribution in [2.24, 2.45) is 0 Å². The third-order valence-corrected chi connectivity index (χ3v) is 4.79. The largest absolute Gasteiger partial charge is 0.391 e. The van der Waals surface area contributed by atoms with Crippen molar-refractivity contribution in [3.8, 4) is 0 Å². The van der Waals surface area contributed by atoms with Crippen LogP contribution >= 0.6 is 41.8 Å². The highest BCUT2D eigenvalue weighted by Crippen LogP contribution is 2.16. The normalized spacial score (nSPS) is 10.2. The summed E-state index contributed by atoms with van der Waals surface area (Å²) in [5, 5.41) is 8.89. The van der Waals surface area contributed by atoms with Crippen molar-refractivity contribution in [2.45, 2.75) is 27.2 Å². The zero-order valence-electron chi connectivity index (χ0n) is 13.5. The van der Waals surface area contributed by atoms with Crippen molar-refractivity contribution < 1.29 is 13.8 Å². The van der Waals surface area contributed by atoms with Gasteiger partial charge in [0.25, 0.3) is 0 Å². The Morgan fingerprint density at radius 2 is 1.85 bits per heavy atom. The Morgan fingerprint density at radius 1 is 1.30 bits per heavy atom. The molecule has 0 bridgehead atoms. The number of halogens is 1. The molecule has 1 aromatic heterocycles. The van der Waals surface area contributed by atoms with Crippen molar-refractivity contribution in [1.82, 2.24) is 0 Å². The fourth-order valence-corrected chi connectivity index (χ4v) is 2.29. The van der Waals surface area contributed by atoms with Crippen LogP contribution in [0.25, 0.3) is 0 Å². The first-order valence-electron chi connectivity index (χ1n) is 6.74. The number of hydrogen-bond acceptors (Lipinski definition) is 4. The average Bonchev–Trinajstić information content (AvgIpc) is 2.85. The number of hydrogen-bond donors (Lipinski definition) is 1. The molecule has 1 N–H and O–H groups in total. The van der Waals surface area contributed by atoms with Crippen LogP contribution in [-0.4, -0.2) is 50.5 Å². The Labute approximate surface area is 145 Å². The first kappa shape index (κ1) is 22.9. The van der Waals surface area contributed by atoms with Crippen LogP contribution in [-0.2, 0) is 10.6 Å². The van der Waals surface area contributed by atoms with Gasteiger partial charge in [0.1, 0.15) is 6.54 Å². The van der Waals surface area contributed by atoms with Gasteiger partial charge in [-0.15, -0.1) is 11.3 Å². The summed E-state index contributed by atoms with van der Waals surface area (Å²) in [7, 11) is 7.29. The number of aryl methyl sites for hydroxylation is 1. The molecule has 0 unspecified atom stereocenters. The van der Waals surface area contributed by atoms with E-state index in [1.54, 1.807) is 7.11 Å². The summed E-state index contributed by atoms with van der Waals surface area (Å²) in [4.78, 5) is 2.83. The molecular formula is C14H29INO2S2+. The minimum atomic E-state index is 0.274. The lowest BCUT2D eigenvalue weighted by atomic mass is 10.3. The van der Waals surface area contributed by atoms with Crippen molar-refractivity contribution in [3.63, 3.8) is 0 Å². The Kier molecular flexibility index (Phi) is 16.7. The number of nitrogens with zero attached hydrogens (tertiary/aromatic N) is 1. The fourth-order valence-electron chi connectivity index (χ4n) is 1.41. The van der Waals surface area contributed by atoms with Crippen LogP contribution in [0.1, 0.15) is 23.6 Å². The van der Waals surface area contributed by atoms with Gasteiger partial charge >= 0.3 is 0 Å². The summed E-state index contributed by atoms with van der Waals surface area (Å²) >= 11 is 3.92. The van der Waals surface area contributed by atoms with Gasteiger partial charge in [-0.1, -0.05) is 13.8 Å². The van der Waals surface area contributed by atoms with Crippen LogP contribution < -0.4 is 0 Å². The monoisotopic (exact) mass is 434 g/mol. The smallest absolute Gasteiger partial charge is 0.102 e. The van der Waals surface area contributed by atoms with Gasteiger partial charge in [0.05, 0.1) is 43.6 Å². The Balaban J connectivity index is 0. The van der Waals surface area contributed by atoms with E-state index in [-0.39, 0.29) is 6.61 Å². The van der Waals surface area contributed by atoms with Gasteiger partial charge < -0.3 is 13.8 Å². The van der Waals surface area contributed by atoms with Gasteiger partial charge in [0.2, 0.25) is 0 Å². The van der Waals surface area contributed by atoms with Gasteiger partial charge in [-0.2, -0.15) is 0 Å². The summed E-state index contributed by atoms with van der Waals surface area (Å²) in [6.45, 7) is 8.35. The molecular weight excluding hydrogens is 405 g/mol. The van der Waals surface area contributed by atoms with E-state index >= 15 is 0 Å². The molecule has 1 rings (SSSR count). The van der Waals surface area contributed by atoms with E-state index in [1.165, 1.54) is 19.0 Å². The van der Waals surface area contributed by atoms with Crippen LogP contribution in [0.15, 0.2) is 12.1 Å². The van der Waals surface area contributed by atoms with Crippen LogP contribution in [0.2, 0.25) is 0 Å². The van der Waals surface area contributed by atoms with E-state index in [0.29, 0.717) is 0 Å². The van der Waals surface area contributed by atoms with Crippen LogP contribution in [0.5, 0.6) is 0 Å². The van der Waals surface area contributed by atoms with E-state index in [1.807, 2.05) is 46.4 Å². The lowest BCUT2D eigenvalue weighted by Crippen LogP contribution is -2.43. The molecule has 0 aliphatic heterocycles. The molecule has 120 valence electrons. The Bertz CT molecular complexity index is 318.